The third-order valence-electron chi connectivity index (χ3n) is 3.53. The first-order chi connectivity index (χ1) is 11.4. The highest BCUT2D eigenvalue weighted by molar-refractivity contribution is 7.94. The van der Waals surface area contributed by atoms with Crippen LogP contribution in [0, 0.1) is 0 Å². The second kappa shape index (κ2) is 6.12. The molecule has 0 radical (unpaired) electrons. The number of benzene rings is 1. The van der Waals surface area contributed by atoms with Crippen LogP contribution in [0.15, 0.2) is 52.4 Å². The van der Waals surface area contributed by atoms with Crippen molar-refractivity contribution in [3.63, 3.8) is 0 Å². The molecule has 0 saturated heterocycles. The van der Waals surface area contributed by atoms with E-state index < -0.39 is 15.6 Å². The SMILES string of the molecule is CC(=O)N=S(=O)(c1ccc2nn(-c3cncnc3)cc2c1)C(C)C. The summed E-state index contributed by atoms with van der Waals surface area (Å²) >= 11 is 0. The number of carbonyl (C=O) groups excluding carboxylic acids is 1. The van der Waals surface area contributed by atoms with E-state index in [0.29, 0.717) is 4.90 Å². The summed E-state index contributed by atoms with van der Waals surface area (Å²) in [4.78, 5) is 19.9. The Kier molecular flexibility index (Phi) is 4.15. The van der Waals surface area contributed by atoms with Gasteiger partial charge in [0, 0.05) is 28.7 Å². The van der Waals surface area contributed by atoms with Crippen LogP contribution in [0.25, 0.3) is 16.6 Å². The van der Waals surface area contributed by atoms with Crippen molar-refractivity contribution in [1.82, 2.24) is 19.7 Å². The average molecular weight is 343 g/mol. The number of nitrogens with zero attached hydrogens (tertiary/aromatic N) is 5. The predicted molar refractivity (Wildman–Crippen MR) is 91.3 cm³/mol. The number of hydrogen-bond acceptors (Lipinski definition) is 5. The lowest BCUT2D eigenvalue weighted by atomic mass is 10.3. The summed E-state index contributed by atoms with van der Waals surface area (Å²) in [6.45, 7) is 4.90. The predicted octanol–water partition coefficient (Wildman–Crippen LogP) is 2.60. The number of hydrogen-bond donors (Lipinski definition) is 0. The van der Waals surface area contributed by atoms with Crippen molar-refractivity contribution in [2.24, 2.45) is 4.36 Å². The van der Waals surface area contributed by atoms with E-state index in [2.05, 4.69) is 19.4 Å². The summed E-state index contributed by atoms with van der Waals surface area (Å²) in [5, 5.41) is 4.99. The van der Waals surface area contributed by atoms with Crippen molar-refractivity contribution in [3.05, 3.63) is 43.1 Å². The Morgan fingerprint density at radius 2 is 1.96 bits per heavy atom. The van der Waals surface area contributed by atoms with Gasteiger partial charge >= 0.3 is 0 Å². The molecule has 0 aliphatic carbocycles. The van der Waals surface area contributed by atoms with E-state index in [1.165, 1.54) is 13.3 Å². The minimum atomic E-state index is -2.82. The zero-order chi connectivity index (χ0) is 17.3. The molecule has 1 aromatic carbocycles. The van der Waals surface area contributed by atoms with Gasteiger partial charge in [-0.25, -0.2) is 18.9 Å². The van der Waals surface area contributed by atoms with Crippen molar-refractivity contribution in [2.75, 3.05) is 0 Å². The lowest BCUT2D eigenvalue weighted by molar-refractivity contribution is -0.115. The highest BCUT2D eigenvalue weighted by atomic mass is 32.2. The Morgan fingerprint density at radius 1 is 1.25 bits per heavy atom. The molecule has 8 heteroatoms. The number of fused-ring (bicyclic) bond motifs is 1. The molecule has 2 heterocycles. The fraction of sp³-hybridized carbons (Fsp3) is 0.250. The van der Waals surface area contributed by atoms with Gasteiger partial charge in [0.2, 0.25) is 0 Å². The third kappa shape index (κ3) is 2.92. The van der Waals surface area contributed by atoms with Crippen LogP contribution in [-0.2, 0) is 14.5 Å². The van der Waals surface area contributed by atoms with Gasteiger partial charge < -0.3 is 0 Å². The summed E-state index contributed by atoms with van der Waals surface area (Å²) in [6.07, 6.45) is 6.57. The number of aromatic nitrogens is 4. The summed E-state index contributed by atoms with van der Waals surface area (Å²) in [6, 6.07) is 5.27. The summed E-state index contributed by atoms with van der Waals surface area (Å²) in [7, 11) is -2.82. The van der Waals surface area contributed by atoms with Crippen LogP contribution in [0.2, 0.25) is 0 Å². The molecule has 3 rings (SSSR count). The minimum absolute atomic E-state index is 0.281. The molecule has 0 aliphatic heterocycles. The quantitative estimate of drug-likeness (QED) is 0.729. The molecule has 0 N–H and O–H groups in total. The van der Waals surface area contributed by atoms with Crippen molar-refractivity contribution in [2.45, 2.75) is 30.9 Å². The smallest absolute Gasteiger partial charge is 0.250 e. The number of rotatable bonds is 3. The van der Waals surface area contributed by atoms with Crippen LogP contribution >= 0.6 is 0 Å². The molecule has 124 valence electrons. The normalized spacial score (nSPS) is 13.8. The van der Waals surface area contributed by atoms with Gasteiger partial charge in [-0.3, -0.25) is 4.79 Å². The lowest BCUT2D eigenvalue weighted by Gasteiger charge is -2.13. The Morgan fingerprint density at radius 3 is 2.58 bits per heavy atom. The van der Waals surface area contributed by atoms with Gasteiger partial charge in [0.1, 0.15) is 12.0 Å². The number of carbonyl (C=O) groups is 1. The highest BCUT2D eigenvalue weighted by Gasteiger charge is 2.19. The Bertz CT molecular complexity index is 1020. The van der Waals surface area contributed by atoms with E-state index in [1.54, 1.807) is 49.1 Å². The van der Waals surface area contributed by atoms with E-state index in [9.17, 15) is 9.00 Å². The van der Waals surface area contributed by atoms with Crippen LogP contribution < -0.4 is 0 Å². The van der Waals surface area contributed by atoms with Gasteiger partial charge in [-0.15, -0.1) is 0 Å². The maximum Gasteiger partial charge on any atom is 0.250 e. The maximum absolute atomic E-state index is 13.2. The molecule has 1 atom stereocenters. The molecule has 1 unspecified atom stereocenters. The topological polar surface area (TPSA) is 90.1 Å². The first-order valence-corrected chi connectivity index (χ1v) is 8.99. The Hall–Kier alpha value is -2.61. The van der Waals surface area contributed by atoms with E-state index in [4.69, 9.17) is 0 Å². The zero-order valence-corrected chi connectivity index (χ0v) is 14.4. The highest BCUT2D eigenvalue weighted by Crippen LogP contribution is 2.24. The molecule has 2 aromatic heterocycles. The standard InChI is InChI=1S/C16H17N5O2S/c1-11(2)24(23,20-12(3)22)15-4-5-16-13(6-15)9-21(19-16)14-7-17-10-18-8-14/h4-11H,1-3H3. The second-order valence-electron chi connectivity index (χ2n) is 5.62. The van der Waals surface area contributed by atoms with E-state index in [1.807, 2.05) is 6.20 Å². The largest absolute Gasteiger partial charge is 0.272 e. The van der Waals surface area contributed by atoms with Crippen molar-refractivity contribution < 1.29 is 9.00 Å². The maximum atomic E-state index is 13.2. The molecule has 0 aliphatic rings. The first kappa shape index (κ1) is 16.3. The lowest BCUT2D eigenvalue weighted by Crippen LogP contribution is -2.15. The van der Waals surface area contributed by atoms with E-state index >= 15 is 0 Å². The van der Waals surface area contributed by atoms with Gasteiger partial charge in [0.25, 0.3) is 5.91 Å². The van der Waals surface area contributed by atoms with E-state index in [0.717, 1.165) is 16.6 Å². The fourth-order valence-electron chi connectivity index (χ4n) is 2.35. The van der Waals surface area contributed by atoms with Crippen LogP contribution in [0.4, 0.5) is 0 Å². The first-order valence-electron chi connectivity index (χ1n) is 7.41. The van der Waals surface area contributed by atoms with Crippen molar-refractivity contribution >= 4 is 26.5 Å². The molecule has 3 aromatic rings. The summed E-state index contributed by atoms with van der Waals surface area (Å²) < 4.78 is 18.7. The van der Waals surface area contributed by atoms with Gasteiger partial charge in [-0.05, 0) is 32.0 Å². The molecular weight excluding hydrogens is 326 g/mol. The molecule has 24 heavy (non-hydrogen) atoms. The molecular formula is C16H17N5O2S. The molecule has 0 spiro atoms. The van der Waals surface area contributed by atoms with Crippen LogP contribution in [0.1, 0.15) is 20.8 Å². The number of amides is 1. The zero-order valence-electron chi connectivity index (χ0n) is 13.6. The van der Waals surface area contributed by atoms with Gasteiger partial charge in [0.15, 0.2) is 0 Å². The molecule has 0 fully saturated rings. The second-order valence-corrected chi connectivity index (χ2v) is 8.35. The fourth-order valence-corrected chi connectivity index (χ4v) is 4.15. The average Bonchev–Trinajstić information content (AvgIpc) is 2.98. The van der Waals surface area contributed by atoms with Crippen LogP contribution in [0.3, 0.4) is 0 Å². The molecule has 1 amide bonds. The summed E-state index contributed by atoms with van der Waals surface area (Å²) in [5.74, 6) is -0.439. The monoisotopic (exact) mass is 343 g/mol. The molecule has 7 nitrogen and oxygen atoms in total. The van der Waals surface area contributed by atoms with Crippen LogP contribution in [-0.4, -0.2) is 35.1 Å². The minimum Gasteiger partial charge on any atom is -0.272 e. The molecule has 0 bridgehead atoms. The van der Waals surface area contributed by atoms with E-state index in [-0.39, 0.29) is 5.25 Å². The van der Waals surface area contributed by atoms with Crippen molar-refractivity contribution in [1.29, 1.82) is 0 Å². The van der Waals surface area contributed by atoms with Crippen molar-refractivity contribution in [3.8, 4) is 5.69 Å². The summed E-state index contributed by atoms with van der Waals surface area (Å²) in [5.41, 5.74) is 1.48. The molecule has 0 saturated carbocycles. The Balaban J connectivity index is 2.16. The van der Waals surface area contributed by atoms with Gasteiger partial charge in [0.05, 0.1) is 27.6 Å². The van der Waals surface area contributed by atoms with Gasteiger partial charge in [-0.1, -0.05) is 0 Å². The van der Waals surface area contributed by atoms with Crippen LogP contribution in [0.5, 0.6) is 0 Å². The Labute approximate surface area is 139 Å². The third-order valence-corrected chi connectivity index (χ3v) is 6.26. The van der Waals surface area contributed by atoms with Gasteiger partial charge in [-0.2, -0.15) is 9.46 Å².